The van der Waals surface area contributed by atoms with Gasteiger partial charge >= 0.3 is 0 Å². The van der Waals surface area contributed by atoms with Gasteiger partial charge in [0.2, 0.25) is 0 Å². The lowest BCUT2D eigenvalue weighted by Gasteiger charge is -2.41. The van der Waals surface area contributed by atoms with Gasteiger partial charge in [-0.1, -0.05) is 37.0 Å². The van der Waals surface area contributed by atoms with Gasteiger partial charge in [-0.15, -0.1) is 0 Å². The standard InChI is InChI=1S/C21H30O7/c1-3-4-5-6-8-11-16(24)17(12-9-7-10-13-22)27-21-20(26)19(25)15(2)18(14-23)28-21/h3-4,9,12,15-26H,7,10,13-14H2,1-2H3/b4-3+,12-9+/t15-,16-,17-,18-,19+,20-,21-/m1/s1. The van der Waals surface area contributed by atoms with Crippen molar-refractivity contribution in [1.82, 2.24) is 0 Å². The number of ether oxygens (including phenoxy) is 2. The first-order valence-electron chi connectivity index (χ1n) is 9.32. The van der Waals surface area contributed by atoms with Crippen LogP contribution in [0.5, 0.6) is 0 Å². The van der Waals surface area contributed by atoms with E-state index in [2.05, 4.69) is 23.7 Å². The zero-order valence-electron chi connectivity index (χ0n) is 16.2. The fourth-order valence-electron chi connectivity index (χ4n) is 2.56. The molecule has 0 saturated carbocycles. The Morgan fingerprint density at radius 2 is 1.93 bits per heavy atom. The molecule has 0 aliphatic carbocycles. The number of aliphatic hydroxyl groups excluding tert-OH is 5. The zero-order chi connectivity index (χ0) is 20.9. The summed E-state index contributed by atoms with van der Waals surface area (Å²) in [5.41, 5.74) is 0. The van der Waals surface area contributed by atoms with Crippen LogP contribution in [-0.4, -0.2) is 75.6 Å². The number of allylic oxidation sites excluding steroid dienone is 3. The largest absolute Gasteiger partial charge is 0.396 e. The first kappa shape index (κ1) is 24.4. The van der Waals surface area contributed by atoms with E-state index >= 15 is 0 Å². The van der Waals surface area contributed by atoms with Gasteiger partial charge in [-0.2, -0.15) is 0 Å². The summed E-state index contributed by atoms with van der Waals surface area (Å²) in [5, 5.41) is 49.0. The fraction of sp³-hybridized carbons (Fsp3) is 0.619. The lowest BCUT2D eigenvalue weighted by molar-refractivity contribution is -0.299. The maximum atomic E-state index is 10.3. The minimum Gasteiger partial charge on any atom is -0.396 e. The smallest absolute Gasteiger partial charge is 0.187 e. The molecule has 7 heteroatoms. The minimum atomic E-state index is -1.35. The van der Waals surface area contributed by atoms with Crippen LogP contribution in [0.2, 0.25) is 0 Å². The number of hydrogen-bond donors (Lipinski definition) is 5. The maximum absolute atomic E-state index is 10.3. The van der Waals surface area contributed by atoms with E-state index in [9.17, 15) is 20.4 Å². The van der Waals surface area contributed by atoms with Crippen LogP contribution in [0.1, 0.15) is 26.7 Å². The van der Waals surface area contributed by atoms with Gasteiger partial charge < -0.3 is 35.0 Å². The Hall–Kier alpha value is -1.68. The molecule has 0 unspecified atom stereocenters. The highest BCUT2D eigenvalue weighted by Gasteiger charge is 2.43. The van der Waals surface area contributed by atoms with Crippen LogP contribution in [0, 0.1) is 29.6 Å². The van der Waals surface area contributed by atoms with Crippen molar-refractivity contribution in [3.05, 3.63) is 24.3 Å². The van der Waals surface area contributed by atoms with Gasteiger partial charge in [0.05, 0.1) is 18.8 Å². The third kappa shape index (κ3) is 7.75. The zero-order valence-corrected chi connectivity index (χ0v) is 16.2. The SMILES string of the molecule is C/C=C/C#CC#C[C@@H](O)[C@@H](/C=C/CCCO)O[C@@H]1O[C@H](CO)[C@@H](C)[C@H](O)[C@H]1O. The van der Waals surface area contributed by atoms with Gasteiger partial charge in [-0.25, -0.2) is 0 Å². The molecular formula is C21H30O7. The van der Waals surface area contributed by atoms with Crippen LogP contribution in [0.15, 0.2) is 24.3 Å². The molecule has 1 heterocycles. The Kier molecular flexibility index (Phi) is 11.7. The van der Waals surface area contributed by atoms with E-state index in [0.717, 1.165) is 0 Å². The lowest BCUT2D eigenvalue weighted by Crippen LogP contribution is -2.56. The molecule has 5 N–H and O–H groups in total. The Morgan fingerprint density at radius 1 is 1.18 bits per heavy atom. The molecule has 28 heavy (non-hydrogen) atoms. The molecule has 0 bridgehead atoms. The van der Waals surface area contributed by atoms with Gasteiger partial charge in [-0.05, 0) is 37.7 Å². The van der Waals surface area contributed by atoms with Crippen LogP contribution in [0.3, 0.4) is 0 Å². The molecule has 7 atom stereocenters. The summed E-state index contributed by atoms with van der Waals surface area (Å²) in [6, 6.07) is 0. The van der Waals surface area contributed by atoms with Crippen molar-refractivity contribution < 1.29 is 35.0 Å². The summed E-state index contributed by atoms with van der Waals surface area (Å²) in [4.78, 5) is 0. The average Bonchev–Trinajstić information content (AvgIpc) is 2.69. The molecule has 0 amide bonds. The van der Waals surface area contributed by atoms with Crippen LogP contribution in [0.25, 0.3) is 0 Å². The Bertz CT molecular complexity index is 620. The molecule has 156 valence electrons. The van der Waals surface area contributed by atoms with Crippen molar-refractivity contribution in [3.63, 3.8) is 0 Å². The van der Waals surface area contributed by atoms with E-state index < -0.39 is 42.7 Å². The normalized spacial score (nSPS) is 29.8. The fourth-order valence-corrected chi connectivity index (χ4v) is 2.56. The molecule has 1 rings (SSSR count). The van der Waals surface area contributed by atoms with Gasteiger partial charge in [-0.3, -0.25) is 0 Å². The average molecular weight is 394 g/mol. The van der Waals surface area contributed by atoms with Crippen molar-refractivity contribution in [2.75, 3.05) is 13.2 Å². The van der Waals surface area contributed by atoms with E-state index in [1.54, 1.807) is 31.2 Å². The van der Waals surface area contributed by atoms with Gasteiger partial charge in [0, 0.05) is 12.5 Å². The van der Waals surface area contributed by atoms with Crippen LogP contribution in [0.4, 0.5) is 0 Å². The number of hydrogen-bond acceptors (Lipinski definition) is 7. The minimum absolute atomic E-state index is 0.0332. The predicted octanol–water partition coefficient (Wildman–Crippen LogP) is -0.281. The molecule has 1 saturated heterocycles. The molecule has 1 fully saturated rings. The summed E-state index contributed by atoms with van der Waals surface area (Å²) in [6.07, 6.45) is 1.08. The number of aliphatic hydroxyl groups is 5. The molecule has 0 radical (unpaired) electrons. The van der Waals surface area contributed by atoms with Crippen LogP contribution >= 0.6 is 0 Å². The molecule has 7 nitrogen and oxygen atoms in total. The van der Waals surface area contributed by atoms with Crippen molar-refractivity contribution in [2.24, 2.45) is 5.92 Å². The molecule has 0 aromatic heterocycles. The Morgan fingerprint density at radius 3 is 2.57 bits per heavy atom. The molecule has 0 spiro atoms. The highest BCUT2D eigenvalue weighted by Crippen LogP contribution is 2.27. The highest BCUT2D eigenvalue weighted by atomic mass is 16.7. The van der Waals surface area contributed by atoms with E-state index in [0.29, 0.717) is 12.8 Å². The third-order valence-electron chi connectivity index (χ3n) is 4.30. The highest BCUT2D eigenvalue weighted by molar-refractivity contribution is 5.32. The van der Waals surface area contributed by atoms with Gasteiger partial charge in [0.15, 0.2) is 6.29 Å². The van der Waals surface area contributed by atoms with Crippen molar-refractivity contribution >= 4 is 0 Å². The maximum Gasteiger partial charge on any atom is 0.187 e. The summed E-state index contributed by atoms with van der Waals surface area (Å²) >= 11 is 0. The van der Waals surface area contributed by atoms with Crippen molar-refractivity contribution in [2.45, 2.75) is 63.5 Å². The second-order valence-corrected chi connectivity index (χ2v) is 6.44. The third-order valence-corrected chi connectivity index (χ3v) is 4.30. The molecule has 0 aromatic rings. The monoisotopic (exact) mass is 394 g/mol. The first-order valence-corrected chi connectivity index (χ1v) is 9.32. The Labute approximate surface area is 166 Å². The topological polar surface area (TPSA) is 120 Å². The van der Waals surface area contributed by atoms with Crippen LogP contribution < -0.4 is 0 Å². The number of rotatable bonds is 8. The molecule has 1 aliphatic heterocycles. The van der Waals surface area contributed by atoms with E-state index in [1.165, 1.54) is 0 Å². The predicted molar refractivity (Wildman–Crippen MR) is 104 cm³/mol. The second-order valence-electron chi connectivity index (χ2n) is 6.44. The van der Waals surface area contributed by atoms with Crippen molar-refractivity contribution in [3.8, 4) is 23.7 Å². The summed E-state index contributed by atoms with van der Waals surface area (Å²) in [6.45, 7) is 3.17. The van der Waals surface area contributed by atoms with E-state index in [4.69, 9.17) is 14.6 Å². The van der Waals surface area contributed by atoms with Crippen molar-refractivity contribution in [1.29, 1.82) is 0 Å². The second kappa shape index (κ2) is 13.5. The van der Waals surface area contributed by atoms with E-state index in [-0.39, 0.29) is 13.2 Å². The lowest BCUT2D eigenvalue weighted by atomic mass is 9.91. The summed E-state index contributed by atoms with van der Waals surface area (Å²) in [5.74, 6) is 9.84. The van der Waals surface area contributed by atoms with Gasteiger partial charge in [0.25, 0.3) is 0 Å². The first-order chi connectivity index (χ1) is 13.5. The van der Waals surface area contributed by atoms with E-state index in [1.807, 2.05) is 6.92 Å². The molecular weight excluding hydrogens is 364 g/mol. The molecule has 1 aliphatic rings. The number of unbranched alkanes of at least 4 members (excludes halogenated alkanes) is 1. The molecule has 0 aromatic carbocycles. The van der Waals surface area contributed by atoms with Crippen LogP contribution in [-0.2, 0) is 9.47 Å². The Balaban J connectivity index is 2.92. The summed E-state index contributed by atoms with van der Waals surface area (Å²) in [7, 11) is 0. The summed E-state index contributed by atoms with van der Waals surface area (Å²) < 4.78 is 11.2. The quantitative estimate of drug-likeness (QED) is 0.218. The van der Waals surface area contributed by atoms with Gasteiger partial charge in [0.1, 0.15) is 18.3 Å².